The van der Waals surface area contributed by atoms with Crippen molar-refractivity contribution in [3.8, 4) is 11.5 Å². The van der Waals surface area contributed by atoms with Gasteiger partial charge in [-0.15, -0.1) is 0 Å². The lowest BCUT2D eigenvalue weighted by Crippen LogP contribution is -2.48. The summed E-state index contributed by atoms with van der Waals surface area (Å²) in [5.74, 6) is 2.91. The Morgan fingerprint density at radius 2 is 1.63 bits per heavy atom. The molecule has 0 bridgehead atoms. The van der Waals surface area contributed by atoms with Gasteiger partial charge in [-0.05, 0) is 31.3 Å². The van der Waals surface area contributed by atoms with Gasteiger partial charge in [-0.1, -0.05) is 11.6 Å². The number of aliphatic hydroxyl groups is 1. The summed E-state index contributed by atoms with van der Waals surface area (Å²) in [4.78, 5) is 18.6. The zero-order chi connectivity index (χ0) is 20.9. The van der Waals surface area contributed by atoms with E-state index in [-0.39, 0.29) is 6.61 Å². The quantitative estimate of drug-likeness (QED) is 0.741. The molecule has 30 heavy (non-hydrogen) atoms. The van der Waals surface area contributed by atoms with Gasteiger partial charge in [0.15, 0.2) is 11.6 Å². The molecule has 0 unspecified atom stereocenters. The number of anilines is 2. The monoisotopic (exact) mass is 432 g/mol. The molecule has 1 aromatic carbocycles. The maximum absolute atomic E-state index is 9.21. The number of benzene rings is 1. The van der Waals surface area contributed by atoms with Gasteiger partial charge in [0.1, 0.15) is 5.75 Å². The molecule has 0 spiro atoms. The molecule has 2 aliphatic heterocycles. The van der Waals surface area contributed by atoms with E-state index < -0.39 is 0 Å². The predicted molar refractivity (Wildman–Crippen MR) is 119 cm³/mol. The van der Waals surface area contributed by atoms with E-state index in [1.807, 2.05) is 24.3 Å². The molecule has 2 saturated heterocycles. The Labute approximate surface area is 182 Å². The molecule has 1 N–H and O–H groups in total. The Balaban J connectivity index is 1.57. The number of aromatic nitrogens is 2. The highest BCUT2D eigenvalue weighted by atomic mass is 35.5. The van der Waals surface area contributed by atoms with Gasteiger partial charge in [-0.3, -0.25) is 4.90 Å². The van der Waals surface area contributed by atoms with Crippen LogP contribution in [0.3, 0.4) is 0 Å². The van der Waals surface area contributed by atoms with E-state index in [1.54, 1.807) is 6.20 Å². The average Bonchev–Trinajstić information content (AvgIpc) is 2.77. The normalized spacial score (nSPS) is 18.6. The first-order valence-electron chi connectivity index (χ1n) is 10.4. The van der Waals surface area contributed by atoms with E-state index >= 15 is 0 Å². The van der Waals surface area contributed by atoms with Crippen molar-refractivity contribution in [3.05, 3.63) is 35.5 Å². The van der Waals surface area contributed by atoms with Crippen molar-refractivity contribution in [1.82, 2.24) is 19.8 Å². The van der Waals surface area contributed by atoms with Crippen LogP contribution in [-0.4, -0.2) is 97.4 Å². The van der Waals surface area contributed by atoms with Crippen LogP contribution in [0.5, 0.6) is 11.5 Å². The van der Waals surface area contributed by atoms with Gasteiger partial charge in [-0.2, -0.15) is 4.98 Å². The molecule has 0 amide bonds. The summed E-state index contributed by atoms with van der Waals surface area (Å²) in [7, 11) is 2.14. The van der Waals surface area contributed by atoms with Crippen molar-refractivity contribution >= 4 is 23.4 Å². The van der Waals surface area contributed by atoms with E-state index in [1.165, 1.54) is 0 Å². The zero-order valence-electron chi connectivity index (χ0n) is 17.4. The lowest BCUT2D eigenvalue weighted by molar-refractivity contribution is 0.188. The second-order valence-corrected chi connectivity index (χ2v) is 8.19. The van der Waals surface area contributed by atoms with Gasteiger partial charge in [-0.25, -0.2) is 4.98 Å². The van der Waals surface area contributed by atoms with Crippen molar-refractivity contribution in [3.63, 3.8) is 0 Å². The molecule has 0 saturated carbocycles. The average molecular weight is 433 g/mol. The summed E-state index contributed by atoms with van der Waals surface area (Å²) < 4.78 is 6.15. The molecule has 2 aromatic rings. The Morgan fingerprint density at radius 3 is 2.30 bits per heavy atom. The number of halogens is 1. The van der Waals surface area contributed by atoms with Crippen LogP contribution in [0.25, 0.3) is 0 Å². The first kappa shape index (κ1) is 21.1. The van der Waals surface area contributed by atoms with Crippen LogP contribution in [0.2, 0.25) is 5.02 Å². The maximum Gasteiger partial charge on any atom is 0.227 e. The highest BCUT2D eigenvalue weighted by Gasteiger charge is 2.24. The fourth-order valence-electron chi connectivity index (χ4n) is 3.76. The second-order valence-electron chi connectivity index (χ2n) is 7.76. The number of β-amino-alcohol motifs (C(OH)–C–C–N with tert-alkyl or cyclic N) is 1. The van der Waals surface area contributed by atoms with Crippen LogP contribution >= 0.6 is 11.6 Å². The molecule has 2 fully saturated rings. The third kappa shape index (κ3) is 5.13. The Bertz CT molecular complexity index is 821. The summed E-state index contributed by atoms with van der Waals surface area (Å²) in [6, 6.07) is 7.31. The molecule has 2 aliphatic rings. The zero-order valence-corrected chi connectivity index (χ0v) is 18.1. The molecular formula is C21H29ClN6O2. The number of nitrogens with zero attached hydrogens (tertiary/aromatic N) is 6. The SMILES string of the molecule is CN1CCN(c2ncc(Oc3ccc(Cl)cc3)c(N3CCN(CCO)CC3)n2)CC1. The van der Waals surface area contributed by atoms with Crippen LogP contribution < -0.4 is 14.5 Å². The van der Waals surface area contributed by atoms with Crippen LogP contribution in [0.4, 0.5) is 11.8 Å². The topological polar surface area (TPSA) is 68.2 Å². The summed E-state index contributed by atoms with van der Waals surface area (Å²) in [5, 5.41) is 9.88. The standard InChI is InChI=1S/C21H29ClN6O2/c1-25-6-10-28(11-7-25)21-23-16-19(30-18-4-2-17(22)3-5-18)20(24-21)27-12-8-26(9-13-27)14-15-29/h2-5,16,29H,6-15H2,1H3. The van der Waals surface area contributed by atoms with E-state index in [4.69, 9.17) is 21.3 Å². The molecule has 162 valence electrons. The first-order chi connectivity index (χ1) is 14.6. The van der Waals surface area contributed by atoms with Crippen molar-refractivity contribution in [2.24, 2.45) is 0 Å². The first-order valence-corrected chi connectivity index (χ1v) is 10.8. The Hall–Kier alpha value is -2.13. The van der Waals surface area contributed by atoms with Gasteiger partial charge in [0.05, 0.1) is 12.8 Å². The molecule has 0 atom stereocenters. The number of hydrogen-bond donors (Lipinski definition) is 1. The molecule has 0 aliphatic carbocycles. The van der Waals surface area contributed by atoms with E-state index in [2.05, 4.69) is 31.6 Å². The van der Waals surface area contributed by atoms with Gasteiger partial charge in [0.2, 0.25) is 5.95 Å². The lowest BCUT2D eigenvalue weighted by Gasteiger charge is -2.36. The van der Waals surface area contributed by atoms with Gasteiger partial charge in [0, 0.05) is 63.9 Å². The fraction of sp³-hybridized carbons (Fsp3) is 0.524. The van der Waals surface area contributed by atoms with Gasteiger partial charge in [0.25, 0.3) is 0 Å². The minimum absolute atomic E-state index is 0.186. The Kier molecular flexibility index (Phi) is 6.89. The van der Waals surface area contributed by atoms with E-state index in [0.717, 1.165) is 64.1 Å². The third-order valence-electron chi connectivity index (χ3n) is 5.64. The number of piperazine rings is 2. The highest BCUT2D eigenvalue weighted by Crippen LogP contribution is 2.33. The molecule has 4 rings (SSSR count). The number of rotatable bonds is 6. The van der Waals surface area contributed by atoms with E-state index in [0.29, 0.717) is 23.1 Å². The van der Waals surface area contributed by atoms with Crippen molar-refractivity contribution < 1.29 is 9.84 Å². The van der Waals surface area contributed by atoms with Crippen LogP contribution in [-0.2, 0) is 0 Å². The van der Waals surface area contributed by atoms with Crippen LogP contribution in [0.15, 0.2) is 30.5 Å². The van der Waals surface area contributed by atoms with Crippen LogP contribution in [0, 0.1) is 0 Å². The summed E-state index contributed by atoms with van der Waals surface area (Å²) in [5.41, 5.74) is 0. The molecule has 0 radical (unpaired) electrons. The Morgan fingerprint density at radius 1 is 0.967 bits per heavy atom. The third-order valence-corrected chi connectivity index (χ3v) is 5.89. The van der Waals surface area contributed by atoms with Crippen molar-refractivity contribution in [1.29, 1.82) is 0 Å². The van der Waals surface area contributed by atoms with Gasteiger partial charge >= 0.3 is 0 Å². The van der Waals surface area contributed by atoms with Gasteiger partial charge < -0.3 is 24.5 Å². The maximum atomic E-state index is 9.21. The smallest absolute Gasteiger partial charge is 0.227 e. The number of ether oxygens (including phenoxy) is 1. The minimum Gasteiger partial charge on any atom is -0.452 e. The van der Waals surface area contributed by atoms with E-state index in [9.17, 15) is 5.11 Å². The second kappa shape index (κ2) is 9.78. The number of aliphatic hydroxyl groups excluding tert-OH is 1. The van der Waals surface area contributed by atoms with Crippen LogP contribution in [0.1, 0.15) is 0 Å². The molecule has 3 heterocycles. The number of likely N-dealkylation sites (N-methyl/N-ethyl adjacent to an activating group) is 1. The highest BCUT2D eigenvalue weighted by molar-refractivity contribution is 6.30. The lowest BCUT2D eigenvalue weighted by atomic mass is 10.3. The minimum atomic E-state index is 0.186. The number of hydrogen-bond acceptors (Lipinski definition) is 8. The van der Waals surface area contributed by atoms with Crippen molar-refractivity contribution in [2.75, 3.05) is 82.4 Å². The molecule has 1 aromatic heterocycles. The fourth-order valence-corrected chi connectivity index (χ4v) is 3.89. The largest absolute Gasteiger partial charge is 0.452 e. The predicted octanol–water partition coefficient (Wildman–Crippen LogP) is 1.79. The summed E-state index contributed by atoms with van der Waals surface area (Å²) in [6.07, 6.45) is 1.78. The molecule has 8 nitrogen and oxygen atoms in total. The van der Waals surface area contributed by atoms with Crippen molar-refractivity contribution in [2.45, 2.75) is 0 Å². The molecule has 9 heteroatoms. The summed E-state index contributed by atoms with van der Waals surface area (Å²) in [6.45, 7) is 8.15. The summed E-state index contributed by atoms with van der Waals surface area (Å²) >= 11 is 6.00. The molecular weight excluding hydrogens is 404 g/mol.